The normalized spacial score (nSPS) is 21.7. The van der Waals surface area contributed by atoms with Crippen molar-refractivity contribution in [2.45, 2.75) is 20.3 Å². The molecular formula is C14H17ClN2O2. The summed E-state index contributed by atoms with van der Waals surface area (Å²) in [4.78, 5) is 14.3. The summed E-state index contributed by atoms with van der Waals surface area (Å²) in [5.74, 6) is 0.105. The van der Waals surface area contributed by atoms with Crippen molar-refractivity contribution in [3.05, 3.63) is 34.3 Å². The molecule has 1 aromatic rings. The molecule has 1 fully saturated rings. The molecule has 0 spiro atoms. The highest BCUT2D eigenvalue weighted by atomic mass is 35.5. The number of carbonyl (C=O) groups is 1. The Labute approximate surface area is 117 Å². The minimum Gasteiger partial charge on any atom is -0.411 e. The lowest BCUT2D eigenvalue weighted by atomic mass is 9.96. The number of amides is 1. The molecule has 0 bridgehead atoms. The van der Waals surface area contributed by atoms with Crippen molar-refractivity contribution in [2.24, 2.45) is 11.1 Å². The van der Waals surface area contributed by atoms with Gasteiger partial charge in [0, 0.05) is 36.0 Å². The zero-order valence-corrected chi connectivity index (χ0v) is 11.8. The van der Waals surface area contributed by atoms with Gasteiger partial charge in [0.15, 0.2) is 0 Å². The molecule has 1 atom stereocenters. The van der Waals surface area contributed by atoms with Crippen LogP contribution in [0.5, 0.6) is 0 Å². The third kappa shape index (κ3) is 2.89. The highest BCUT2D eigenvalue weighted by molar-refractivity contribution is 6.30. The summed E-state index contributed by atoms with van der Waals surface area (Å²) in [6, 6.07) is 5.29. The summed E-state index contributed by atoms with van der Waals surface area (Å²) in [7, 11) is 0. The van der Waals surface area contributed by atoms with Crippen LogP contribution >= 0.6 is 11.6 Å². The molecule has 0 aromatic heterocycles. The summed E-state index contributed by atoms with van der Waals surface area (Å²) in [5.41, 5.74) is 2.32. The number of rotatable bonds is 1. The Morgan fingerprint density at radius 3 is 2.84 bits per heavy atom. The quantitative estimate of drug-likeness (QED) is 0.635. The fourth-order valence-electron chi connectivity index (χ4n) is 2.39. The maximum atomic E-state index is 12.5. The number of likely N-dealkylation sites (tertiary alicyclic amines) is 1. The minimum atomic E-state index is 0.0120. The van der Waals surface area contributed by atoms with Crippen LogP contribution in [-0.4, -0.2) is 34.8 Å². The van der Waals surface area contributed by atoms with Gasteiger partial charge in [0.1, 0.15) is 0 Å². The van der Waals surface area contributed by atoms with Crippen LogP contribution in [-0.2, 0) is 0 Å². The van der Waals surface area contributed by atoms with E-state index in [9.17, 15) is 4.79 Å². The number of nitrogens with zero attached hydrogens (tertiary/aromatic N) is 2. The predicted molar refractivity (Wildman–Crippen MR) is 75.1 cm³/mol. The van der Waals surface area contributed by atoms with Crippen LogP contribution in [0.1, 0.15) is 29.3 Å². The first-order valence-corrected chi connectivity index (χ1v) is 6.67. The number of oxime groups is 1. The van der Waals surface area contributed by atoms with Crippen LogP contribution < -0.4 is 0 Å². The number of halogens is 1. The monoisotopic (exact) mass is 280 g/mol. The molecule has 1 amide bonds. The van der Waals surface area contributed by atoms with Gasteiger partial charge in [-0.3, -0.25) is 4.79 Å². The lowest BCUT2D eigenvalue weighted by Gasteiger charge is -2.31. The minimum absolute atomic E-state index is 0.0120. The van der Waals surface area contributed by atoms with Crippen molar-refractivity contribution in [3.8, 4) is 0 Å². The highest BCUT2D eigenvalue weighted by Crippen LogP contribution is 2.20. The molecule has 0 saturated carbocycles. The largest absolute Gasteiger partial charge is 0.411 e. The second-order valence-electron chi connectivity index (χ2n) is 4.95. The van der Waals surface area contributed by atoms with Crippen molar-refractivity contribution in [2.75, 3.05) is 13.1 Å². The van der Waals surface area contributed by atoms with Gasteiger partial charge in [-0.1, -0.05) is 23.7 Å². The smallest absolute Gasteiger partial charge is 0.254 e. The molecule has 1 N–H and O–H groups in total. The van der Waals surface area contributed by atoms with Crippen molar-refractivity contribution in [1.82, 2.24) is 4.90 Å². The Hall–Kier alpha value is -1.55. The third-order valence-electron chi connectivity index (χ3n) is 3.54. The molecule has 4 nitrogen and oxygen atoms in total. The number of piperidine rings is 1. The van der Waals surface area contributed by atoms with E-state index in [1.54, 1.807) is 23.1 Å². The number of hydrogen-bond donors (Lipinski definition) is 1. The van der Waals surface area contributed by atoms with Crippen LogP contribution in [0.25, 0.3) is 0 Å². The first kappa shape index (κ1) is 13.9. The molecule has 0 radical (unpaired) electrons. The molecule has 1 aliphatic heterocycles. The first-order chi connectivity index (χ1) is 9.02. The lowest BCUT2D eigenvalue weighted by Crippen LogP contribution is -2.43. The van der Waals surface area contributed by atoms with Crippen molar-refractivity contribution in [3.63, 3.8) is 0 Å². The van der Waals surface area contributed by atoms with Gasteiger partial charge < -0.3 is 10.1 Å². The third-order valence-corrected chi connectivity index (χ3v) is 3.77. The van der Waals surface area contributed by atoms with E-state index in [-0.39, 0.29) is 11.8 Å². The molecule has 1 heterocycles. The Kier molecular flexibility index (Phi) is 4.10. The van der Waals surface area contributed by atoms with Crippen molar-refractivity contribution < 1.29 is 10.0 Å². The second kappa shape index (κ2) is 5.61. The van der Waals surface area contributed by atoms with Gasteiger partial charge in [-0.25, -0.2) is 0 Å². The van der Waals surface area contributed by atoms with E-state index in [1.807, 2.05) is 13.8 Å². The van der Waals surface area contributed by atoms with Gasteiger partial charge in [0.05, 0.1) is 5.71 Å². The van der Waals surface area contributed by atoms with E-state index in [2.05, 4.69) is 5.16 Å². The van der Waals surface area contributed by atoms with Crippen LogP contribution in [0.2, 0.25) is 5.02 Å². The van der Waals surface area contributed by atoms with E-state index in [4.69, 9.17) is 16.8 Å². The van der Waals surface area contributed by atoms with Gasteiger partial charge in [-0.2, -0.15) is 0 Å². The Morgan fingerprint density at radius 1 is 1.53 bits per heavy atom. The molecule has 5 heteroatoms. The standard InChI is InChI=1S/C14H17ClN2O2/c1-9-7-11(15)3-4-12(9)14(18)17-6-5-13(16-19)10(2)8-17/h3-4,7,10,19H,5-6,8H2,1-2H3/b16-13+. The molecular weight excluding hydrogens is 264 g/mol. The zero-order chi connectivity index (χ0) is 14.0. The van der Waals surface area contributed by atoms with E-state index in [0.717, 1.165) is 11.3 Å². The second-order valence-corrected chi connectivity index (χ2v) is 5.39. The Balaban J connectivity index is 2.17. The van der Waals surface area contributed by atoms with Gasteiger partial charge in [0.2, 0.25) is 0 Å². The van der Waals surface area contributed by atoms with Crippen LogP contribution in [0.15, 0.2) is 23.4 Å². The Morgan fingerprint density at radius 2 is 2.26 bits per heavy atom. The van der Waals surface area contributed by atoms with Crippen LogP contribution in [0.3, 0.4) is 0 Å². The first-order valence-electron chi connectivity index (χ1n) is 6.29. The zero-order valence-electron chi connectivity index (χ0n) is 11.1. The molecule has 1 aliphatic rings. The maximum Gasteiger partial charge on any atom is 0.254 e. The summed E-state index contributed by atoms with van der Waals surface area (Å²) < 4.78 is 0. The summed E-state index contributed by atoms with van der Waals surface area (Å²) >= 11 is 5.90. The number of benzene rings is 1. The molecule has 1 saturated heterocycles. The van der Waals surface area contributed by atoms with E-state index in [1.165, 1.54) is 0 Å². The van der Waals surface area contributed by atoms with Gasteiger partial charge in [-0.05, 0) is 30.7 Å². The average Bonchev–Trinajstić information content (AvgIpc) is 2.38. The summed E-state index contributed by atoms with van der Waals surface area (Å²) in [6.07, 6.45) is 0.621. The van der Waals surface area contributed by atoms with E-state index >= 15 is 0 Å². The average molecular weight is 281 g/mol. The van der Waals surface area contributed by atoms with Crippen LogP contribution in [0, 0.1) is 12.8 Å². The van der Waals surface area contributed by atoms with Crippen LogP contribution in [0.4, 0.5) is 0 Å². The van der Waals surface area contributed by atoms with Gasteiger partial charge in [-0.15, -0.1) is 0 Å². The summed E-state index contributed by atoms with van der Waals surface area (Å²) in [5, 5.41) is 12.8. The summed E-state index contributed by atoms with van der Waals surface area (Å²) in [6.45, 7) is 5.02. The molecule has 19 heavy (non-hydrogen) atoms. The van der Waals surface area contributed by atoms with Crippen molar-refractivity contribution >= 4 is 23.2 Å². The molecule has 2 rings (SSSR count). The fraction of sp³-hybridized carbons (Fsp3) is 0.429. The highest BCUT2D eigenvalue weighted by Gasteiger charge is 2.27. The topological polar surface area (TPSA) is 52.9 Å². The Bertz CT molecular complexity index is 528. The molecule has 0 aliphatic carbocycles. The molecule has 1 aromatic carbocycles. The lowest BCUT2D eigenvalue weighted by molar-refractivity contribution is 0.0733. The fourth-order valence-corrected chi connectivity index (χ4v) is 2.62. The van der Waals surface area contributed by atoms with E-state index in [0.29, 0.717) is 30.1 Å². The SMILES string of the molecule is Cc1cc(Cl)ccc1C(=O)N1CC/C(=N\O)C(C)C1. The van der Waals surface area contributed by atoms with Gasteiger partial charge in [0.25, 0.3) is 5.91 Å². The van der Waals surface area contributed by atoms with E-state index < -0.39 is 0 Å². The predicted octanol–water partition coefficient (Wildman–Crippen LogP) is 2.96. The number of carbonyl (C=O) groups excluding carboxylic acids is 1. The number of aryl methyl sites for hydroxylation is 1. The number of hydrogen-bond acceptors (Lipinski definition) is 3. The van der Waals surface area contributed by atoms with Gasteiger partial charge >= 0.3 is 0 Å². The maximum absolute atomic E-state index is 12.5. The molecule has 1 unspecified atom stereocenters. The van der Waals surface area contributed by atoms with Crippen molar-refractivity contribution in [1.29, 1.82) is 0 Å². The molecule has 102 valence electrons.